The summed E-state index contributed by atoms with van der Waals surface area (Å²) in [6.45, 7) is 5.23. The number of benzene rings is 3. The lowest BCUT2D eigenvalue weighted by molar-refractivity contribution is 0.336. The summed E-state index contributed by atoms with van der Waals surface area (Å²) in [7, 11) is 0. The topological polar surface area (TPSA) is 18.5 Å². The van der Waals surface area contributed by atoms with E-state index in [4.69, 9.17) is 21.1 Å². The van der Waals surface area contributed by atoms with Crippen molar-refractivity contribution in [1.29, 1.82) is 0 Å². The van der Waals surface area contributed by atoms with Gasteiger partial charge in [-0.25, -0.2) is 0 Å². The summed E-state index contributed by atoms with van der Waals surface area (Å²) in [5.41, 5.74) is 0. The van der Waals surface area contributed by atoms with Gasteiger partial charge in [0.2, 0.25) is 0 Å². The first-order valence-corrected chi connectivity index (χ1v) is 7.53. The predicted molar refractivity (Wildman–Crippen MR) is 88.8 cm³/mol. The molecule has 0 aromatic heterocycles. The van der Waals surface area contributed by atoms with Crippen LogP contribution in [0.3, 0.4) is 0 Å². The minimum atomic E-state index is 0.629. The molecule has 3 heteroatoms. The van der Waals surface area contributed by atoms with Gasteiger partial charge >= 0.3 is 0 Å². The van der Waals surface area contributed by atoms with Gasteiger partial charge in [0.25, 0.3) is 0 Å². The van der Waals surface area contributed by atoms with E-state index in [2.05, 4.69) is 18.2 Å². The first-order valence-electron chi connectivity index (χ1n) is 7.15. The number of halogens is 1. The second-order valence-corrected chi connectivity index (χ2v) is 5.19. The third kappa shape index (κ3) is 2.52. The van der Waals surface area contributed by atoms with E-state index in [0.29, 0.717) is 13.2 Å². The van der Waals surface area contributed by atoms with E-state index in [1.165, 1.54) is 0 Å². The second kappa shape index (κ2) is 5.82. The standard InChI is InChI=1S/C18H17ClO2/c1-3-20-17-8-9-18(21-4-2)15-11-13-12(10-14(15)17)6-5-7-16(13)19/h5-11H,3-4H2,1-2H3. The van der Waals surface area contributed by atoms with Gasteiger partial charge in [-0.05, 0) is 49.6 Å². The van der Waals surface area contributed by atoms with E-state index in [1.807, 2.05) is 38.1 Å². The number of hydrogen-bond donors (Lipinski definition) is 0. The molecule has 0 bridgehead atoms. The van der Waals surface area contributed by atoms with Crippen molar-refractivity contribution in [2.75, 3.05) is 13.2 Å². The van der Waals surface area contributed by atoms with Gasteiger partial charge in [-0.2, -0.15) is 0 Å². The third-order valence-electron chi connectivity index (χ3n) is 3.48. The van der Waals surface area contributed by atoms with E-state index in [-0.39, 0.29) is 0 Å². The van der Waals surface area contributed by atoms with Crippen LogP contribution >= 0.6 is 11.6 Å². The Hall–Kier alpha value is -1.93. The summed E-state index contributed by atoms with van der Waals surface area (Å²) in [6.07, 6.45) is 0. The predicted octanol–water partition coefficient (Wildman–Crippen LogP) is 5.44. The highest BCUT2D eigenvalue weighted by atomic mass is 35.5. The molecule has 0 radical (unpaired) electrons. The molecule has 3 aromatic carbocycles. The zero-order valence-corrected chi connectivity index (χ0v) is 12.9. The smallest absolute Gasteiger partial charge is 0.127 e. The van der Waals surface area contributed by atoms with Crippen LogP contribution in [0.5, 0.6) is 11.5 Å². The fourth-order valence-electron chi connectivity index (χ4n) is 2.59. The molecule has 2 nitrogen and oxygen atoms in total. The Morgan fingerprint density at radius 2 is 1.43 bits per heavy atom. The van der Waals surface area contributed by atoms with E-state index in [9.17, 15) is 0 Å². The van der Waals surface area contributed by atoms with Crippen molar-refractivity contribution in [3.05, 3.63) is 47.5 Å². The minimum absolute atomic E-state index is 0.629. The summed E-state index contributed by atoms with van der Waals surface area (Å²) < 4.78 is 11.5. The van der Waals surface area contributed by atoms with Crippen LogP contribution in [0.4, 0.5) is 0 Å². The van der Waals surface area contributed by atoms with Crippen LogP contribution < -0.4 is 9.47 Å². The second-order valence-electron chi connectivity index (χ2n) is 4.79. The van der Waals surface area contributed by atoms with Gasteiger partial charge in [0.15, 0.2) is 0 Å². The van der Waals surface area contributed by atoms with Gasteiger partial charge in [0.05, 0.1) is 13.2 Å². The lowest BCUT2D eigenvalue weighted by Crippen LogP contribution is -1.96. The number of fused-ring (bicyclic) bond motifs is 2. The van der Waals surface area contributed by atoms with Gasteiger partial charge in [-0.15, -0.1) is 0 Å². The Kier molecular flexibility index (Phi) is 3.89. The van der Waals surface area contributed by atoms with Crippen LogP contribution in [0.15, 0.2) is 42.5 Å². The highest BCUT2D eigenvalue weighted by Crippen LogP contribution is 2.37. The van der Waals surface area contributed by atoms with Gasteiger partial charge in [-0.3, -0.25) is 0 Å². The largest absolute Gasteiger partial charge is 0.493 e. The molecule has 0 saturated heterocycles. The molecule has 3 aromatic rings. The van der Waals surface area contributed by atoms with Crippen LogP contribution in [0.2, 0.25) is 5.02 Å². The maximum absolute atomic E-state index is 6.32. The molecular formula is C18H17ClO2. The normalized spacial score (nSPS) is 11.0. The van der Waals surface area contributed by atoms with Crippen molar-refractivity contribution in [1.82, 2.24) is 0 Å². The van der Waals surface area contributed by atoms with E-state index >= 15 is 0 Å². The van der Waals surface area contributed by atoms with Gasteiger partial charge in [0.1, 0.15) is 11.5 Å². The fourth-order valence-corrected chi connectivity index (χ4v) is 2.82. The molecule has 21 heavy (non-hydrogen) atoms. The lowest BCUT2D eigenvalue weighted by Gasteiger charge is -2.13. The molecule has 3 rings (SSSR count). The Morgan fingerprint density at radius 1 is 0.810 bits per heavy atom. The maximum atomic E-state index is 6.32. The molecule has 108 valence electrons. The molecule has 0 N–H and O–H groups in total. The van der Waals surface area contributed by atoms with Crippen molar-refractivity contribution < 1.29 is 9.47 Å². The average molecular weight is 301 g/mol. The van der Waals surface area contributed by atoms with E-state index in [0.717, 1.165) is 38.1 Å². The minimum Gasteiger partial charge on any atom is -0.493 e. The summed E-state index contributed by atoms with van der Waals surface area (Å²) in [5, 5.41) is 4.96. The molecule has 0 spiro atoms. The fraction of sp³-hybridized carbons (Fsp3) is 0.222. The van der Waals surface area contributed by atoms with Crippen LogP contribution in [-0.2, 0) is 0 Å². The SMILES string of the molecule is CCOc1ccc(OCC)c2cc3c(Cl)cccc3cc12. The summed E-state index contributed by atoms with van der Waals surface area (Å²) in [5.74, 6) is 1.73. The van der Waals surface area contributed by atoms with Crippen LogP contribution in [0.1, 0.15) is 13.8 Å². The molecule has 0 heterocycles. The average Bonchev–Trinajstić information content (AvgIpc) is 2.49. The Labute approximate surface area is 129 Å². The molecule has 0 atom stereocenters. The zero-order chi connectivity index (χ0) is 14.8. The summed E-state index contributed by atoms with van der Waals surface area (Å²) in [4.78, 5) is 0. The van der Waals surface area contributed by atoms with Crippen molar-refractivity contribution in [3.8, 4) is 11.5 Å². The van der Waals surface area contributed by atoms with Crippen LogP contribution in [0.25, 0.3) is 21.5 Å². The van der Waals surface area contributed by atoms with Crippen molar-refractivity contribution in [2.24, 2.45) is 0 Å². The molecular weight excluding hydrogens is 284 g/mol. The summed E-state index contributed by atoms with van der Waals surface area (Å²) in [6, 6.07) is 14.0. The highest BCUT2D eigenvalue weighted by Gasteiger charge is 2.10. The van der Waals surface area contributed by atoms with Crippen molar-refractivity contribution in [3.63, 3.8) is 0 Å². The first kappa shape index (κ1) is 14.0. The summed E-state index contributed by atoms with van der Waals surface area (Å²) >= 11 is 6.32. The highest BCUT2D eigenvalue weighted by molar-refractivity contribution is 6.36. The first-order chi connectivity index (χ1) is 10.2. The van der Waals surface area contributed by atoms with Crippen LogP contribution in [0, 0.1) is 0 Å². The van der Waals surface area contributed by atoms with Gasteiger partial charge < -0.3 is 9.47 Å². The quantitative estimate of drug-likeness (QED) is 0.597. The molecule has 0 amide bonds. The van der Waals surface area contributed by atoms with Crippen molar-refractivity contribution >= 4 is 33.1 Å². The Balaban J connectivity index is 2.37. The van der Waals surface area contributed by atoms with E-state index < -0.39 is 0 Å². The third-order valence-corrected chi connectivity index (χ3v) is 3.81. The number of ether oxygens (including phenoxy) is 2. The molecule has 0 fully saturated rings. The molecule has 0 aliphatic rings. The lowest BCUT2D eigenvalue weighted by atomic mass is 10.0. The molecule has 0 aliphatic carbocycles. The zero-order valence-electron chi connectivity index (χ0n) is 12.2. The Bertz CT molecular complexity index is 796. The monoisotopic (exact) mass is 300 g/mol. The van der Waals surface area contributed by atoms with Gasteiger partial charge in [-0.1, -0.05) is 23.7 Å². The van der Waals surface area contributed by atoms with E-state index in [1.54, 1.807) is 0 Å². The van der Waals surface area contributed by atoms with Crippen LogP contribution in [-0.4, -0.2) is 13.2 Å². The molecule has 0 saturated carbocycles. The number of rotatable bonds is 4. The number of hydrogen-bond acceptors (Lipinski definition) is 2. The van der Waals surface area contributed by atoms with Gasteiger partial charge in [0, 0.05) is 21.2 Å². The maximum Gasteiger partial charge on any atom is 0.127 e. The molecule has 0 unspecified atom stereocenters. The Morgan fingerprint density at radius 3 is 2.05 bits per heavy atom. The van der Waals surface area contributed by atoms with Crippen molar-refractivity contribution in [2.45, 2.75) is 13.8 Å². The molecule has 0 aliphatic heterocycles.